The molecule has 0 spiro atoms. The molecule has 2 heterocycles. The fourth-order valence-corrected chi connectivity index (χ4v) is 3.12. The minimum Gasteiger partial charge on any atom is -0.320 e. The average Bonchev–Trinajstić information content (AvgIpc) is 2.84. The molecule has 2 aliphatic rings. The third-order valence-electron chi connectivity index (χ3n) is 4.37. The molecule has 108 valence electrons. The lowest BCUT2D eigenvalue weighted by atomic mass is 10.1. The molecule has 20 heavy (non-hydrogen) atoms. The van der Waals surface area contributed by atoms with Crippen LogP contribution in [0.3, 0.4) is 0 Å². The molecule has 2 aliphatic heterocycles. The molecule has 2 amide bonds. The summed E-state index contributed by atoms with van der Waals surface area (Å²) in [4.78, 5) is 16.6. The number of amides is 2. The molecule has 3 rings (SSSR count). The third-order valence-corrected chi connectivity index (χ3v) is 4.37. The molecule has 0 bridgehead atoms. The molecule has 2 fully saturated rings. The lowest BCUT2D eigenvalue weighted by Gasteiger charge is -2.31. The standard InChI is InChI=1S/C16H23N3O/c1-13-2-4-14(5-3-13)12-18-10-11-19(16(18)20)15-6-8-17-9-7-15/h2-5,15,17H,6-12H2,1H3. The summed E-state index contributed by atoms with van der Waals surface area (Å²) in [5.74, 6) is 0. The molecule has 0 saturated carbocycles. The van der Waals surface area contributed by atoms with Crippen molar-refractivity contribution in [2.24, 2.45) is 0 Å². The van der Waals surface area contributed by atoms with Gasteiger partial charge in [-0.1, -0.05) is 29.8 Å². The van der Waals surface area contributed by atoms with E-state index in [1.165, 1.54) is 11.1 Å². The summed E-state index contributed by atoms with van der Waals surface area (Å²) in [5, 5.41) is 3.36. The summed E-state index contributed by atoms with van der Waals surface area (Å²) >= 11 is 0. The zero-order valence-corrected chi connectivity index (χ0v) is 12.1. The van der Waals surface area contributed by atoms with Crippen molar-refractivity contribution in [1.29, 1.82) is 0 Å². The fourth-order valence-electron chi connectivity index (χ4n) is 3.12. The number of carbonyl (C=O) groups is 1. The fraction of sp³-hybridized carbons (Fsp3) is 0.562. The lowest BCUT2D eigenvalue weighted by Crippen LogP contribution is -2.45. The van der Waals surface area contributed by atoms with Crippen molar-refractivity contribution in [1.82, 2.24) is 15.1 Å². The van der Waals surface area contributed by atoms with E-state index in [0.29, 0.717) is 6.04 Å². The molecule has 0 unspecified atom stereocenters. The van der Waals surface area contributed by atoms with Crippen LogP contribution in [0.25, 0.3) is 0 Å². The molecule has 2 saturated heterocycles. The minimum absolute atomic E-state index is 0.220. The second kappa shape index (κ2) is 5.83. The molecule has 1 aromatic rings. The Balaban J connectivity index is 1.61. The van der Waals surface area contributed by atoms with Crippen LogP contribution in [0.4, 0.5) is 4.79 Å². The van der Waals surface area contributed by atoms with Gasteiger partial charge in [0.05, 0.1) is 0 Å². The number of piperidine rings is 1. The number of rotatable bonds is 3. The van der Waals surface area contributed by atoms with Crippen LogP contribution < -0.4 is 5.32 Å². The molecule has 4 heteroatoms. The van der Waals surface area contributed by atoms with E-state index in [9.17, 15) is 4.79 Å². The monoisotopic (exact) mass is 273 g/mol. The van der Waals surface area contributed by atoms with Gasteiger partial charge in [-0.15, -0.1) is 0 Å². The van der Waals surface area contributed by atoms with E-state index in [1.54, 1.807) is 0 Å². The van der Waals surface area contributed by atoms with Crippen molar-refractivity contribution in [3.8, 4) is 0 Å². The van der Waals surface area contributed by atoms with E-state index >= 15 is 0 Å². The maximum atomic E-state index is 12.5. The highest BCUT2D eigenvalue weighted by Gasteiger charge is 2.33. The van der Waals surface area contributed by atoms with E-state index in [1.807, 2.05) is 4.90 Å². The van der Waals surface area contributed by atoms with Crippen LogP contribution in [0.1, 0.15) is 24.0 Å². The van der Waals surface area contributed by atoms with Gasteiger partial charge in [0, 0.05) is 25.7 Å². The second-order valence-corrected chi connectivity index (χ2v) is 5.86. The molecule has 1 aromatic carbocycles. The van der Waals surface area contributed by atoms with Crippen LogP contribution in [0.2, 0.25) is 0 Å². The van der Waals surface area contributed by atoms with Crippen LogP contribution in [0, 0.1) is 6.92 Å². The number of hydrogen-bond donors (Lipinski definition) is 1. The Morgan fingerprint density at radius 1 is 1.15 bits per heavy atom. The van der Waals surface area contributed by atoms with Crippen LogP contribution in [-0.4, -0.2) is 48.1 Å². The summed E-state index contributed by atoms with van der Waals surface area (Å²) in [6.45, 7) is 6.63. The van der Waals surface area contributed by atoms with Crippen molar-refractivity contribution in [2.75, 3.05) is 26.2 Å². The molecular formula is C16H23N3O. The lowest BCUT2D eigenvalue weighted by molar-refractivity contribution is 0.165. The highest BCUT2D eigenvalue weighted by atomic mass is 16.2. The van der Waals surface area contributed by atoms with Gasteiger partial charge in [0.15, 0.2) is 0 Å². The Labute approximate surface area is 120 Å². The van der Waals surface area contributed by atoms with E-state index < -0.39 is 0 Å². The Hall–Kier alpha value is -1.55. The summed E-state index contributed by atoms with van der Waals surface area (Å²) in [6, 6.07) is 9.12. The van der Waals surface area contributed by atoms with Crippen molar-refractivity contribution in [2.45, 2.75) is 32.4 Å². The van der Waals surface area contributed by atoms with Crippen molar-refractivity contribution in [3.05, 3.63) is 35.4 Å². The number of nitrogens with one attached hydrogen (secondary N) is 1. The first-order valence-corrected chi connectivity index (χ1v) is 7.56. The maximum Gasteiger partial charge on any atom is 0.320 e. The van der Waals surface area contributed by atoms with Crippen LogP contribution in [0.15, 0.2) is 24.3 Å². The van der Waals surface area contributed by atoms with Gasteiger partial charge in [0.2, 0.25) is 0 Å². The predicted octanol–water partition coefficient (Wildman–Crippen LogP) is 1.98. The Kier molecular flexibility index (Phi) is 3.92. The number of hydrogen-bond acceptors (Lipinski definition) is 2. The van der Waals surface area contributed by atoms with E-state index in [-0.39, 0.29) is 6.03 Å². The second-order valence-electron chi connectivity index (χ2n) is 5.86. The zero-order valence-electron chi connectivity index (χ0n) is 12.1. The molecule has 0 aromatic heterocycles. The Morgan fingerprint density at radius 2 is 1.85 bits per heavy atom. The summed E-state index contributed by atoms with van der Waals surface area (Å²) in [5.41, 5.74) is 2.48. The molecule has 0 radical (unpaired) electrons. The number of aryl methyl sites for hydroxylation is 1. The van der Waals surface area contributed by atoms with Gasteiger partial charge in [0.1, 0.15) is 0 Å². The first kappa shape index (κ1) is 13.4. The first-order valence-electron chi connectivity index (χ1n) is 7.56. The largest absolute Gasteiger partial charge is 0.320 e. The maximum absolute atomic E-state index is 12.5. The van der Waals surface area contributed by atoms with Gasteiger partial charge in [-0.3, -0.25) is 0 Å². The zero-order chi connectivity index (χ0) is 13.9. The number of urea groups is 1. The van der Waals surface area contributed by atoms with E-state index in [4.69, 9.17) is 0 Å². The average molecular weight is 273 g/mol. The van der Waals surface area contributed by atoms with Gasteiger partial charge in [0.25, 0.3) is 0 Å². The molecule has 4 nitrogen and oxygen atoms in total. The molecule has 1 N–H and O–H groups in total. The quantitative estimate of drug-likeness (QED) is 0.914. The molecule has 0 aliphatic carbocycles. The number of carbonyl (C=O) groups excluding carboxylic acids is 1. The van der Waals surface area contributed by atoms with Crippen molar-refractivity contribution >= 4 is 6.03 Å². The van der Waals surface area contributed by atoms with Crippen LogP contribution in [0.5, 0.6) is 0 Å². The molecule has 0 atom stereocenters. The third kappa shape index (κ3) is 2.80. The number of nitrogens with zero attached hydrogens (tertiary/aromatic N) is 2. The topological polar surface area (TPSA) is 35.6 Å². The Morgan fingerprint density at radius 3 is 2.55 bits per heavy atom. The molecular weight excluding hydrogens is 250 g/mol. The van der Waals surface area contributed by atoms with E-state index in [2.05, 4.69) is 41.4 Å². The first-order chi connectivity index (χ1) is 9.74. The van der Waals surface area contributed by atoms with Crippen molar-refractivity contribution < 1.29 is 4.79 Å². The number of benzene rings is 1. The van der Waals surface area contributed by atoms with Gasteiger partial charge in [-0.2, -0.15) is 0 Å². The SMILES string of the molecule is Cc1ccc(CN2CCN(C3CCNCC3)C2=O)cc1. The summed E-state index contributed by atoms with van der Waals surface area (Å²) < 4.78 is 0. The van der Waals surface area contributed by atoms with Gasteiger partial charge in [-0.25, -0.2) is 4.79 Å². The minimum atomic E-state index is 0.220. The highest BCUT2D eigenvalue weighted by molar-refractivity contribution is 5.77. The van der Waals surface area contributed by atoms with E-state index in [0.717, 1.165) is 45.6 Å². The normalized spacial score (nSPS) is 20.8. The van der Waals surface area contributed by atoms with Crippen LogP contribution >= 0.6 is 0 Å². The smallest absolute Gasteiger partial charge is 0.320 e. The van der Waals surface area contributed by atoms with Crippen molar-refractivity contribution in [3.63, 3.8) is 0 Å². The Bertz CT molecular complexity index is 465. The van der Waals surface area contributed by atoms with Gasteiger partial charge >= 0.3 is 6.03 Å². The highest BCUT2D eigenvalue weighted by Crippen LogP contribution is 2.20. The van der Waals surface area contributed by atoms with Gasteiger partial charge in [-0.05, 0) is 38.4 Å². The summed E-state index contributed by atoms with van der Waals surface area (Å²) in [6.07, 6.45) is 2.17. The van der Waals surface area contributed by atoms with Gasteiger partial charge < -0.3 is 15.1 Å². The summed E-state index contributed by atoms with van der Waals surface area (Å²) in [7, 11) is 0. The van der Waals surface area contributed by atoms with Crippen LogP contribution in [-0.2, 0) is 6.54 Å². The predicted molar refractivity (Wildman–Crippen MR) is 79.6 cm³/mol.